The molecule has 0 aliphatic heterocycles. The highest BCUT2D eigenvalue weighted by Gasteiger charge is 2.11. The number of halogens is 2. The molecule has 2 N–H and O–H groups in total. The molecule has 2 rings (SSSR count). The zero-order valence-electron chi connectivity index (χ0n) is 14.6. The lowest BCUT2D eigenvalue weighted by Crippen LogP contribution is -2.40. The molecule has 1 aromatic carbocycles. The van der Waals surface area contributed by atoms with Gasteiger partial charge in [0.05, 0.1) is 16.8 Å². The molecule has 1 unspecified atom stereocenters. The summed E-state index contributed by atoms with van der Waals surface area (Å²) in [4.78, 5) is 8.63. The Morgan fingerprint density at radius 1 is 1.32 bits per heavy atom. The molecule has 0 bridgehead atoms. The summed E-state index contributed by atoms with van der Waals surface area (Å²) in [5.41, 5.74) is 2.00. The van der Waals surface area contributed by atoms with Gasteiger partial charge in [0.15, 0.2) is 5.96 Å². The number of guanidine groups is 1. The number of thiazole rings is 1. The third-order valence-electron chi connectivity index (χ3n) is 3.54. The molecule has 25 heavy (non-hydrogen) atoms. The van der Waals surface area contributed by atoms with Crippen molar-refractivity contribution in [3.63, 3.8) is 0 Å². The Bertz CT molecular complexity index is 663. The van der Waals surface area contributed by atoms with Gasteiger partial charge in [-0.3, -0.25) is 4.99 Å². The highest BCUT2D eigenvalue weighted by atomic mass is 127. The van der Waals surface area contributed by atoms with Gasteiger partial charge in [-0.15, -0.1) is 35.3 Å². The second-order valence-electron chi connectivity index (χ2n) is 5.26. The Balaban J connectivity index is 0.00000312. The zero-order chi connectivity index (χ0) is 17.4. The summed E-state index contributed by atoms with van der Waals surface area (Å²) >= 11 is 1.66. The normalized spacial score (nSPS) is 12.4. The third-order valence-corrected chi connectivity index (χ3v) is 4.37. The van der Waals surface area contributed by atoms with E-state index in [2.05, 4.69) is 26.0 Å². The average molecular weight is 478 g/mol. The van der Waals surface area contributed by atoms with Crippen LogP contribution in [-0.4, -0.2) is 38.2 Å². The van der Waals surface area contributed by atoms with Crippen LogP contribution in [0.2, 0.25) is 0 Å². The molecular weight excluding hydrogens is 454 g/mol. The van der Waals surface area contributed by atoms with Crippen molar-refractivity contribution in [1.82, 2.24) is 15.6 Å². The minimum Gasteiger partial charge on any atom is -0.375 e. The quantitative estimate of drug-likeness (QED) is 0.365. The summed E-state index contributed by atoms with van der Waals surface area (Å²) in [6, 6.07) is 6.33. The van der Waals surface area contributed by atoms with Crippen LogP contribution in [0.3, 0.4) is 0 Å². The van der Waals surface area contributed by atoms with E-state index in [1.807, 2.05) is 6.92 Å². The average Bonchev–Trinajstić information content (AvgIpc) is 3.00. The predicted molar refractivity (Wildman–Crippen MR) is 111 cm³/mol. The predicted octanol–water partition coefficient (Wildman–Crippen LogP) is 3.30. The highest BCUT2D eigenvalue weighted by Crippen LogP contribution is 2.16. The van der Waals surface area contributed by atoms with Gasteiger partial charge in [0.25, 0.3) is 0 Å². The number of methoxy groups -OCH3 is 1. The number of hydrogen-bond acceptors (Lipinski definition) is 4. The number of benzene rings is 1. The maximum Gasteiger partial charge on any atom is 0.191 e. The summed E-state index contributed by atoms with van der Waals surface area (Å²) in [5.74, 6) is 0.447. The summed E-state index contributed by atoms with van der Waals surface area (Å²) < 4.78 is 18.5. The van der Waals surface area contributed by atoms with Crippen molar-refractivity contribution in [1.29, 1.82) is 0 Å². The first kappa shape index (κ1) is 21.8. The number of nitrogens with one attached hydrogen (secondary N) is 2. The molecule has 2 aromatic rings. The lowest BCUT2D eigenvalue weighted by molar-refractivity contribution is 0.106. The molecule has 1 atom stereocenters. The molecule has 0 spiro atoms. The fourth-order valence-corrected chi connectivity index (χ4v) is 2.90. The summed E-state index contributed by atoms with van der Waals surface area (Å²) in [5, 5.41) is 9.63. The SMILES string of the molecule is CN=C(NCCc1csc(C)n1)NCC(OC)c1ccc(F)cc1.I. The van der Waals surface area contributed by atoms with Gasteiger partial charge in [-0.05, 0) is 24.6 Å². The second-order valence-corrected chi connectivity index (χ2v) is 6.33. The molecule has 1 aromatic heterocycles. The van der Waals surface area contributed by atoms with Crippen LogP contribution in [0.1, 0.15) is 22.4 Å². The molecule has 1 heterocycles. The molecule has 5 nitrogen and oxygen atoms in total. The van der Waals surface area contributed by atoms with Crippen LogP contribution in [0.15, 0.2) is 34.6 Å². The lowest BCUT2D eigenvalue weighted by atomic mass is 10.1. The van der Waals surface area contributed by atoms with Crippen molar-refractivity contribution in [2.45, 2.75) is 19.4 Å². The van der Waals surface area contributed by atoms with E-state index in [9.17, 15) is 4.39 Å². The van der Waals surface area contributed by atoms with Crippen LogP contribution in [0.5, 0.6) is 0 Å². The van der Waals surface area contributed by atoms with E-state index >= 15 is 0 Å². The van der Waals surface area contributed by atoms with Crippen molar-refractivity contribution < 1.29 is 9.13 Å². The molecule has 138 valence electrons. The fourth-order valence-electron chi connectivity index (χ4n) is 2.26. The molecule has 0 aliphatic carbocycles. The van der Waals surface area contributed by atoms with Gasteiger partial charge < -0.3 is 15.4 Å². The lowest BCUT2D eigenvalue weighted by Gasteiger charge is -2.18. The largest absolute Gasteiger partial charge is 0.375 e. The van der Waals surface area contributed by atoms with Crippen molar-refractivity contribution in [2.24, 2.45) is 4.99 Å². The Kier molecular flexibility index (Phi) is 9.91. The summed E-state index contributed by atoms with van der Waals surface area (Å²) in [6.45, 7) is 3.29. The van der Waals surface area contributed by atoms with Crippen LogP contribution in [0, 0.1) is 12.7 Å². The number of rotatable bonds is 7. The first-order chi connectivity index (χ1) is 11.6. The number of hydrogen-bond donors (Lipinski definition) is 2. The highest BCUT2D eigenvalue weighted by molar-refractivity contribution is 14.0. The smallest absolute Gasteiger partial charge is 0.191 e. The van der Waals surface area contributed by atoms with Gasteiger partial charge >= 0.3 is 0 Å². The van der Waals surface area contributed by atoms with E-state index in [0.717, 1.165) is 29.2 Å². The Morgan fingerprint density at radius 2 is 2.04 bits per heavy atom. The van der Waals surface area contributed by atoms with Crippen LogP contribution in [-0.2, 0) is 11.2 Å². The first-order valence-corrected chi connectivity index (χ1v) is 8.64. The first-order valence-electron chi connectivity index (χ1n) is 7.76. The van der Waals surface area contributed by atoms with Crippen LogP contribution in [0.4, 0.5) is 4.39 Å². The maximum atomic E-state index is 13.0. The Morgan fingerprint density at radius 3 is 2.60 bits per heavy atom. The van der Waals surface area contributed by atoms with Crippen molar-refractivity contribution in [2.75, 3.05) is 27.2 Å². The molecule has 0 fully saturated rings. The van der Waals surface area contributed by atoms with Crippen molar-refractivity contribution in [3.8, 4) is 0 Å². The summed E-state index contributed by atoms with van der Waals surface area (Å²) in [7, 11) is 3.36. The molecule has 0 radical (unpaired) electrons. The zero-order valence-corrected chi connectivity index (χ0v) is 17.7. The van der Waals surface area contributed by atoms with Crippen LogP contribution < -0.4 is 10.6 Å². The molecule has 0 aliphatic rings. The van der Waals surface area contributed by atoms with Crippen LogP contribution >= 0.6 is 35.3 Å². The van der Waals surface area contributed by atoms with E-state index in [-0.39, 0.29) is 35.9 Å². The van der Waals surface area contributed by atoms with Crippen molar-refractivity contribution >= 4 is 41.3 Å². The van der Waals surface area contributed by atoms with Gasteiger partial charge in [-0.2, -0.15) is 0 Å². The minimum atomic E-state index is -0.253. The van der Waals surface area contributed by atoms with E-state index in [1.165, 1.54) is 12.1 Å². The van der Waals surface area contributed by atoms with E-state index in [0.29, 0.717) is 12.5 Å². The Hall–Kier alpha value is -1.26. The molecule has 8 heteroatoms. The van der Waals surface area contributed by atoms with E-state index < -0.39 is 0 Å². The van der Waals surface area contributed by atoms with E-state index in [4.69, 9.17) is 4.74 Å². The van der Waals surface area contributed by atoms with Gasteiger partial charge in [0, 0.05) is 39.0 Å². The number of ether oxygens (including phenoxy) is 1. The third kappa shape index (κ3) is 7.25. The van der Waals surface area contributed by atoms with Gasteiger partial charge in [-0.1, -0.05) is 12.1 Å². The molecule has 0 amide bonds. The monoisotopic (exact) mass is 478 g/mol. The standard InChI is InChI=1S/C17H23FN4OS.HI/c1-12-22-15(11-24-12)8-9-20-17(19-2)21-10-16(23-3)13-4-6-14(18)7-5-13;/h4-7,11,16H,8-10H2,1-3H3,(H2,19,20,21);1H. The maximum absolute atomic E-state index is 13.0. The minimum absolute atomic E-state index is 0. The summed E-state index contributed by atoms with van der Waals surface area (Å²) in [6.07, 6.45) is 0.668. The molecule has 0 saturated carbocycles. The number of aromatic nitrogens is 1. The number of aliphatic imine (C=N–C) groups is 1. The molecule has 0 saturated heterocycles. The molecular formula is C17H24FIN4OS. The number of nitrogens with zero attached hydrogens (tertiary/aromatic N) is 2. The second kappa shape index (κ2) is 11.4. The topological polar surface area (TPSA) is 58.5 Å². The van der Waals surface area contributed by atoms with Crippen LogP contribution in [0.25, 0.3) is 0 Å². The fraction of sp³-hybridized carbons (Fsp3) is 0.412. The number of aryl methyl sites for hydroxylation is 1. The Labute approximate surface area is 169 Å². The van der Waals surface area contributed by atoms with Gasteiger partial charge in [0.1, 0.15) is 5.82 Å². The van der Waals surface area contributed by atoms with E-state index in [1.54, 1.807) is 37.6 Å². The van der Waals surface area contributed by atoms with Gasteiger partial charge in [-0.25, -0.2) is 9.37 Å². The van der Waals surface area contributed by atoms with Gasteiger partial charge in [0.2, 0.25) is 0 Å². The van der Waals surface area contributed by atoms with Crippen molar-refractivity contribution in [3.05, 3.63) is 51.7 Å².